The number of ether oxygens (including phenoxy) is 1. The molecule has 0 aliphatic carbocycles. The van der Waals surface area contributed by atoms with Crippen LogP contribution in [-0.2, 0) is 6.61 Å². The van der Waals surface area contributed by atoms with Crippen LogP contribution in [0.25, 0.3) is 0 Å². The molecule has 0 amide bonds. The van der Waals surface area contributed by atoms with Crippen molar-refractivity contribution in [1.82, 2.24) is 0 Å². The predicted octanol–water partition coefficient (Wildman–Crippen LogP) is 1.60. The molecule has 5 nitrogen and oxygen atoms in total. The fourth-order valence-corrected chi connectivity index (χ4v) is 1.49. The van der Waals surface area contributed by atoms with Crippen LogP contribution in [-0.4, -0.2) is 11.1 Å². The molecule has 1 aromatic carbocycles. The lowest BCUT2D eigenvalue weighted by atomic mass is 10.2. The van der Waals surface area contributed by atoms with E-state index in [1.807, 2.05) is 30.3 Å². The van der Waals surface area contributed by atoms with Crippen LogP contribution < -0.4 is 9.47 Å². The number of hydrogen-bond donors (Lipinski definition) is 1. The molecule has 0 fully saturated rings. The van der Waals surface area contributed by atoms with Crippen LogP contribution in [0.3, 0.4) is 0 Å². The normalized spacial score (nSPS) is 10.0. The van der Waals surface area contributed by atoms with Crippen molar-refractivity contribution in [3.63, 3.8) is 0 Å². The summed E-state index contributed by atoms with van der Waals surface area (Å²) in [5, 5.41) is 20.0. The molecule has 2 rings (SSSR count). The molecule has 0 unspecified atom stereocenters. The average molecular weight is 245 g/mol. The summed E-state index contributed by atoms with van der Waals surface area (Å²) in [4.78, 5) is 11.0. The van der Waals surface area contributed by atoms with E-state index in [9.17, 15) is 10.0 Å². The minimum Gasteiger partial charge on any atom is -0.619 e. The third-order valence-corrected chi connectivity index (χ3v) is 2.36. The van der Waals surface area contributed by atoms with Crippen LogP contribution in [0, 0.1) is 5.21 Å². The summed E-state index contributed by atoms with van der Waals surface area (Å²) in [5.74, 6) is -1.01. The Kier molecular flexibility index (Phi) is 3.43. The van der Waals surface area contributed by atoms with Gasteiger partial charge in [0.05, 0.1) is 0 Å². The third kappa shape index (κ3) is 2.76. The number of carbonyl (C=O) groups is 1. The molecule has 0 radical (unpaired) electrons. The molecular formula is C13H11NO4. The van der Waals surface area contributed by atoms with Crippen LogP contribution in [0.1, 0.15) is 15.9 Å². The quantitative estimate of drug-likeness (QED) is 0.655. The van der Waals surface area contributed by atoms with Crippen LogP contribution in [0.2, 0.25) is 0 Å². The maximum absolute atomic E-state index is 11.0. The minimum atomic E-state index is -1.19. The van der Waals surface area contributed by atoms with Crippen molar-refractivity contribution in [2.45, 2.75) is 6.61 Å². The summed E-state index contributed by atoms with van der Waals surface area (Å²) < 4.78 is 5.84. The van der Waals surface area contributed by atoms with Crippen molar-refractivity contribution in [2.75, 3.05) is 0 Å². The molecule has 0 aliphatic heterocycles. The smallest absolute Gasteiger partial charge is 0.345 e. The number of carboxylic acids is 1. The molecule has 1 aromatic heterocycles. The highest BCUT2D eigenvalue weighted by atomic mass is 16.5. The zero-order valence-corrected chi connectivity index (χ0v) is 9.45. The van der Waals surface area contributed by atoms with E-state index in [2.05, 4.69) is 0 Å². The highest BCUT2D eigenvalue weighted by Gasteiger charge is 2.15. The number of aromatic carboxylic acids is 1. The van der Waals surface area contributed by atoms with Crippen molar-refractivity contribution in [3.8, 4) is 5.75 Å². The van der Waals surface area contributed by atoms with Gasteiger partial charge in [0, 0.05) is 6.07 Å². The molecule has 18 heavy (non-hydrogen) atoms. The fourth-order valence-electron chi connectivity index (χ4n) is 1.49. The number of nitrogens with zero attached hydrogens (tertiary/aromatic N) is 1. The van der Waals surface area contributed by atoms with Crippen molar-refractivity contribution < 1.29 is 19.4 Å². The summed E-state index contributed by atoms with van der Waals surface area (Å²) in [6.07, 6.45) is 2.18. The van der Waals surface area contributed by atoms with E-state index in [0.29, 0.717) is 4.73 Å². The zero-order valence-electron chi connectivity index (χ0n) is 9.45. The Morgan fingerprint density at radius 2 is 2.00 bits per heavy atom. The minimum absolute atomic E-state index is 0.150. The first-order chi connectivity index (χ1) is 8.66. The second-order valence-corrected chi connectivity index (χ2v) is 3.66. The van der Waals surface area contributed by atoms with Gasteiger partial charge in [-0.2, -0.15) is 4.73 Å². The standard InChI is InChI=1S/C13H11NO4/c15-13(16)11-8-14(17)7-6-12(11)18-9-10-4-2-1-3-5-10/h1-8H,9H2,(H,15,16). The molecule has 0 aliphatic rings. The van der Waals surface area contributed by atoms with Crippen LogP contribution >= 0.6 is 0 Å². The van der Waals surface area contributed by atoms with Gasteiger partial charge >= 0.3 is 5.97 Å². The van der Waals surface area contributed by atoms with Crippen molar-refractivity contribution in [1.29, 1.82) is 0 Å². The highest BCUT2D eigenvalue weighted by Crippen LogP contribution is 2.17. The molecule has 0 spiro atoms. The van der Waals surface area contributed by atoms with E-state index >= 15 is 0 Å². The Balaban J connectivity index is 2.17. The number of hydrogen-bond acceptors (Lipinski definition) is 3. The first kappa shape index (κ1) is 11.9. The topological polar surface area (TPSA) is 73.5 Å². The zero-order chi connectivity index (χ0) is 13.0. The number of benzene rings is 1. The first-order valence-corrected chi connectivity index (χ1v) is 5.29. The molecule has 0 bridgehead atoms. The lowest BCUT2D eigenvalue weighted by Gasteiger charge is -2.08. The Labute approximate surface area is 103 Å². The molecule has 0 saturated carbocycles. The fraction of sp³-hybridized carbons (Fsp3) is 0.0769. The average Bonchev–Trinajstić information content (AvgIpc) is 2.38. The molecular weight excluding hydrogens is 234 g/mol. The number of aromatic nitrogens is 1. The third-order valence-electron chi connectivity index (χ3n) is 2.36. The number of carboxylic acid groups (broad SMARTS) is 1. The summed E-state index contributed by atoms with van der Waals surface area (Å²) in [5.41, 5.74) is 0.774. The Bertz CT molecular complexity index is 554. The maximum atomic E-state index is 11.0. The Morgan fingerprint density at radius 3 is 2.67 bits per heavy atom. The Morgan fingerprint density at radius 1 is 1.28 bits per heavy atom. The SMILES string of the molecule is O=C(O)c1c[n+]([O-])ccc1OCc1ccccc1. The van der Waals surface area contributed by atoms with E-state index in [-0.39, 0.29) is 17.9 Å². The van der Waals surface area contributed by atoms with Crippen LogP contribution in [0.15, 0.2) is 48.8 Å². The first-order valence-electron chi connectivity index (χ1n) is 5.29. The summed E-state index contributed by atoms with van der Waals surface area (Å²) in [7, 11) is 0. The van der Waals surface area contributed by atoms with Crippen molar-refractivity contribution in [2.24, 2.45) is 0 Å². The van der Waals surface area contributed by atoms with Gasteiger partial charge < -0.3 is 15.1 Å². The molecule has 92 valence electrons. The summed E-state index contributed by atoms with van der Waals surface area (Å²) in [6, 6.07) is 10.7. The van der Waals surface area contributed by atoms with Gasteiger partial charge in [0.1, 0.15) is 12.4 Å². The van der Waals surface area contributed by atoms with Crippen molar-refractivity contribution >= 4 is 5.97 Å². The Hall–Kier alpha value is -2.56. The van der Waals surface area contributed by atoms with E-state index in [1.165, 1.54) is 12.3 Å². The second-order valence-electron chi connectivity index (χ2n) is 3.66. The molecule has 0 saturated heterocycles. The lowest BCUT2D eigenvalue weighted by Crippen LogP contribution is -2.26. The van der Waals surface area contributed by atoms with E-state index in [4.69, 9.17) is 9.84 Å². The molecule has 2 aromatic rings. The van der Waals surface area contributed by atoms with Crippen molar-refractivity contribution in [3.05, 3.63) is 65.1 Å². The van der Waals surface area contributed by atoms with E-state index < -0.39 is 5.97 Å². The largest absolute Gasteiger partial charge is 0.619 e. The highest BCUT2D eigenvalue weighted by molar-refractivity contribution is 5.90. The second kappa shape index (κ2) is 5.18. The summed E-state index contributed by atoms with van der Waals surface area (Å²) in [6.45, 7) is 0.254. The van der Waals surface area contributed by atoms with Gasteiger partial charge in [-0.05, 0) is 5.56 Å². The maximum Gasteiger partial charge on any atom is 0.345 e. The van der Waals surface area contributed by atoms with Gasteiger partial charge in [-0.25, -0.2) is 4.79 Å². The lowest BCUT2D eigenvalue weighted by molar-refractivity contribution is -0.605. The predicted molar refractivity (Wildman–Crippen MR) is 63.1 cm³/mol. The molecule has 1 heterocycles. The van der Waals surface area contributed by atoms with Gasteiger partial charge in [0.2, 0.25) is 0 Å². The van der Waals surface area contributed by atoms with Crippen LogP contribution in [0.5, 0.6) is 5.75 Å². The molecule has 5 heteroatoms. The van der Waals surface area contributed by atoms with Gasteiger partial charge in [-0.15, -0.1) is 0 Å². The van der Waals surface area contributed by atoms with Gasteiger partial charge in [-0.3, -0.25) is 0 Å². The number of pyridine rings is 1. The van der Waals surface area contributed by atoms with Gasteiger partial charge in [0.25, 0.3) is 0 Å². The monoisotopic (exact) mass is 245 g/mol. The van der Waals surface area contributed by atoms with Crippen LogP contribution in [0.4, 0.5) is 0 Å². The van der Waals surface area contributed by atoms with E-state index in [1.54, 1.807) is 0 Å². The summed E-state index contributed by atoms with van der Waals surface area (Å²) >= 11 is 0. The number of rotatable bonds is 4. The molecule has 1 N–H and O–H groups in total. The van der Waals surface area contributed by atoms with Gasteiger partial charge in [-0.1, -0.05) is 30.3 Å². The van der Waals surface area contributed by atoms with E-state index in [0.717, 1.165) is 11.8 Å². The van der Waals surface area contributed by atoms with Gasteiger partial charge in [0.15, 0.2) is 18.0 Å². The molecule has 0 atom stereocenters.